The smallest absolute Gasteiger partial charge is 0.248 e. The summed E-state index contributed by atoms with van der Waals surface area (Å²) in [5, 5.41) is 6.22. The van der Waals surface area contributed by atoms with Gasteiger partial charge in [-0.3, -0.25) is 4.79 Å². The first-order valence-corrected chi connectivity index (χ1v) is 12.4. The second kappa shape index (κ2) is 12.4. The number of terminal acetylenes is 1. The number of fused-ring (bicyclic) bond motifs is 1. The number of nitrogens with zero attached hydrogens (tertiary/aromatic N) is 3. The van der Waals surface area contributed by atoms with Crippen molar-refractivity contribution in [2.75, 3.05) is 43.5 Å². The molecule has 10 heteroatoms. The van der Waals surface area contributed by atoms with Gasteiger partial charge in [-0.15, -0.1) is 6.42 Å². The van der Waals surface area contributed by atoms with E-state index >= 15 is 0 Å². The average Bonchev–Trinajstić information content (AvgIpc) is 3.42. The molecule has 1 fully saturated rings. The zero-order valence-corrected chi connectivity index (χ0v) is 21.3. The monoisotopic (exact) mass is 521 g/mol. The maximum Gasteiger partial charge on any atom is 0.248 e. The Kier molecular flexibility index (Phi) is 8.84. The van der Waals surface area contributed by atoms with Crippen molar-refractivity contribution in [1.82, 2.24) is 14.9 Å². The van der Waals surface area contributed by atoms with Gasteiger partial charge < -0.3 is 25.0 Å². The molecule has 2 aromatic carbocycles. The van der Waals surface area contributed by atoms with Crippen LogP contribution in [0.15, 0.2) is 42.7 Å². The first-order valence-electron chi connectivity index (χ1n) is 12.4. The van der Waals surface area contributed by atoms with Crippen LogP contribution in [0.2, 0.25) is 0 Å². The van der Waals surface area contributed by atoms with Crippen LogP contribution < -0.4 is 15.4 Å². The Labute approximate surface area is 220 Å². The second-order valence-corrected chi connectivity index (χ2v) is 8.65. The number of amides is 1. The number of benzene rings is 2. The van der Waals surface area contributed by atoms with E-state index in [2.05, 4.69) is 45.3 Å². The molecule has 1 aliphatic rings. The summed E-state index contributed by atoms with van der Waals surface area (Å²) in [7, 11) is 0. The van der Waals surface area contributed by atoms with Gasteiger partial charge in [0.15, 0.2) is 0 Å². The molecule has 1 aliphatic heterocycles. The van der Waals surface area contributed by atoms with E-state index in [1.54, 1.807) is 18.2 Å². The van der Waals surface area contributed by atoms with Crippen molar-refractivity contribution in [2.24, 2.45) is 0 Å². The number of carbonyl (C=O) groups excluding carboxylic acids is 1. The molecule has 0 spiro atoms. The van der Waals surface area contributed by atoms with Crippen LogP contribution >= 0.6 is 0 Å². The van der Waals surface area contributed by atoms with E-state index < -0.39 is 11.6 Å². The van der Waals surface area contributed by atoms with Gasteiger partial charge in [-0.1, -0.05) is 25.8 Å². The molecule has 0 bridgehead atoms. The molecule has 0 radical (unpaired) electrons. The SMILES string of the molecule is C#Cc1cc(Nc2ncnc3cc(O[C@H]4CCOC4)c(NC(=O)/C=C/CN(CC)CC)cc23)c(F)cc1F. The van der Waals surface area contributed by atoms with Crippen LogP contribution in [0.3, 0.4) is 0 Å². The van der Waals surface area contributed by atoms with Gasteiger partial charge in [0.25, 0.3) is 0 Å². The number of likely N-dealkylation sites (N-methyl/N-ethyl adjacent to an activating group) is 1. The summed E-state index contributed by atoms with van der Waals surface area (Å²) in [4.78, 5) is 23.5. The van der Waals surface area contributed by atoms with Gasteiger partial charge in [0.05, 0.1) is 35.7 Å². The maximum absolute atomic E-state index is 14.5. The minimum absolute atomic E-state index is 0.0484. The molecule has 0 unspecified atom stereocenters. The largest absolute Gasteiger partial charge is 0.486 e. The Morgan fingerprint density at radius 1 is 1.21 bits per heavy atom. The summed E-state index contributed by atoms with van der Waals surface area (Å²) in [5.74, 6) is 0.855. The van der Waals surface area contributed by atoms with E-state index in [0.29, 0.717) is 54.6 Å². The Hall–Kier alpha value is -4.07. The molecule has 1 amide bonds. The highest BCUT2D eigenvalue weighted by Crippen LogP contribution is 2.35. The van der Waals surface area contributed by atoms with Gasteiger partial charge in [-0.2, -0.15) is 0 Å². The molecule has 0 aliphatic carbocycles. The zero-order chi connectivity index (χ0) is 27.1. The number of anilines is 3. The number of rotatable bonds is 10. The summed E-state index contributed by atoms with van der Waals surface area (Å²) < 4.78 is 39.9. The summed E-state index contributed by atoms with van der Waals surface area (Å²) in [6.45, 7) is 7.54. The number of hydrogen-bond acceptors (Lipinski definition) is 7. The third kappa shape index (κ3) is 6.43. The Bertz CT molecular complexity index is 1380. The lowest BCUT2D eigenvalue weighted by atomic mass is 10.1. The fourth-order valence-electron chi connectivity index (χ4n) is 4.01. The molecule has 1 saturated heterocycles. The lowest BCUT2D eigenvalue weighted by molar-refractivity contribution is -0.111. The molecule has 8 nitrogen and oxygen atoms in total. The summed E-state index contributed by atoms with van der Waals surface area (Å²) in [6, 6.07) is 5.25. The highest BCUT2D eigenvalue weighted by Gasteiger charge is 2.21. The van der Waals surface area contributed by atoms with Gasteiger partial charge in [-0.25, -0.2) is 18.7 Å². The molecule has 0 saturated carbocycles. The second-order valence-electron chi connectivity index (χ2n) is 8.65. The van der Waals surface area contributed by atoms with Crippen molar-refractivity contribution in [2.45, 2.75) is 26.4 Å². The van der Waals surface area contributed by atoms with E-state index in [4.69, 9.17) is 15.9 Å². The first-order chi connectivity index (χ1) is 18.4. The van der Waals surface area contributed by atoms with E-state index in [1.165, 1.54) is 18.5 Å². The van der Waals surface area contributed by atoms with Crippen LogP contribution in [0, 0.1) is 24.0 Å². The topological polar surface area (TPSA) is 88.6 Å². The summed E-state index contributed by atoms with van der Waals surface area (Å²) in [5.41, 5.74) is 0.744. The Morgan fingerprint density at radius 3 is 2.74 bits per heavy atom. The number of nitrogens with one attached hydrogen (secondary N) is 2. The predicted molar refractivity (Wildman–Crippen MR) is 143 cm³/mol. The Balaban J connectivity index is 1.68. The highest BCUT2D eigenvalue weighted by molar-refractivity contribution is 6.03. The van der Waals surface area contributed by atoms with E-state index in [9.17, 15) is 13.6 Å². The maximum atomic E-state index is 14.5. The number of hydrogen-bond donors (Lipinski definition) is 2. The summed E-state index contributed by atoms with van der Waals surface area (Å²) >= 11 is 0. The lowest BCUT2D eigenvalue weighted by Gasteiger charge is -2.18. The highest BCUT2D eigenvalue weighted by atomic mass is 19.1. The van der Waals surface area contributed by atoms with Crippen molar-refractivity contribution >= 4 is 34.0 Å². The van der Waals surface area contributed by atoms with Crippen molar-refractivity contribution in [3.05, 3.63) is 59.9 Å². The molecule has 2 N–H and O–H groups in total. The van der Waals surface area contributed by atoms with Crippen LogP contribution in [0.4, 0.5) is 26.0 Å². The van der Waals surface area contributed by atoms with Crippen molar-refractivity contribution in [3.63, 3.8) is 0 Å². The standard InChI is InChI=1S/C28H29F2N5O3/c1-4-18-12-24(22(30)14-21(18)29)34-28-20-13-25(33-27(36)8-7-10-35(5-2)6-3)26(15-23(20)31-17-32-28)38-19-9-11-37-16-19/h1,7-8,12-15,17,19H,5-6,9-11,16H2,2-3H3,(H,33,36)(H,31,32,34)/b8-7+/t19-/m0/s1. The van der Waals surface area contributed by atoms with Crippen LogP contribution in [-0.2, 0) is 9.53 Å². The van der Waals surface area contributed by atoms with Gasteiger partial charge >= 0.3 is 0 Å². The fourth-order valence-corrected chi connectivity index (χ4v) is 4.01. The predicted octanol–water partition coefficient (Wildman–Crippen LogP) is 4.64. The number of aromatic nitrogens is 2. The molecule has 38 heavy (non-hydrogen) atoms. The van der Waals surface area contributed by atoms with E-state index in [1.807, 2.05) is 0 Å². The van der Waals surface area contributed by atoms with Gasteiger partial charge in [0.1, 0.15) is 35.6 Å². The van der Waals surface area contributed by atoms with Crippen molar-refractivity contribution < 1.29 is 23.0 Å². The molecule has 1 atom stereocenters. The van der Waals surface area contributed by atoms with E-state index in [-0.39, 0.29) is 29.1 Å². The summed E-state index contributed by atoms with van der Waals surface area (Å²) in [6.07, 6.45) is 10.5. The van der Waals surface area contributed by atoms with Crippen LogP contribution in [0.25, 0.3) is 10.9 Å². The fraction of sp³-hybridized carbons (Fsp3) is 0.321. The van der Waals surface area contributed by atoms with Crippen molar-refractivity contribution in [3.8, 4) is 18.1 Å². The zero-order valence-electron chi connectivity index (χ0n) is 21.3. The Morgan fingerprint density at radius 2 is 2.03 bits per heavy atom. The van der Waals surface area contributed by atoms with E-state index in [0.717, 1.165) is 13.1 Å². The van der Waals surface area contributed by atoms with Crippen molar-refractivity contribution in [1.29, 1.82) is 0 Å². The number of carbonyl (C=O) groups is 1. The normalized spacial score (nSPS) is 15.2. The minimum Gasteiger partial charge on any atom is -0.486 e. The molecule has 4 rings (SSSR count). The van der Waals surface area contributed by atoms with Gasteiger partial charge in [0.2, 0.25) is 5.91 Å². The van der Waals surface area contributed by atoms with Crippen LogP contribution in [0.5, 0.6) is 5.75 Å². The molecule has 1 aromatic heterocycles. The minimum atomic E-state index is -0.833. The lowest BCUT2D eigenvalue weighted by Crippen LogP contribution is -2.23. The quantitative estimate of drug-likeness (QED) is 0.297. The molecule has 3 aromatic rings. The first kappa shape index (κ1) is 27.0. The molecule has 2 heterocycles. The van der Waals surface area contributed by atoms with Gasteiger partial charge in [-0.05, 0) is 25.2 Å². The third-order valence-corrected chi connectivity index (χ3v) is 6.17. The molecular weight excluding hydrogens is 492 g/mol. The number of halogens is 2. The van der Waals surface area contributed by atoms with Crippen LogP contribution in [-0.4, -0.2) is 59.7 Å². The average molecular weight is 522 g/mol. The van der Waals surface area contributed by atoms with Crippen LogP contribution in [0.1, 0.15) is 25.8 Å². The number of ether oxygens (including phenoxy) is 2. The van der Waals surface area contributed by atoms with Gasteiger partial charge in [0, 0.05) is 36.6 Å². The third-order valence-electron chi connectivity index (χ3n) is 6.17. The molecular formula is C28H29F2N5O3. The molecule has 198 valence electrons.